The maximum atomic E-state index is 5.55. The molecule has 1 N–H and O–H groups in total. The molecule has 0 fully saturated rings. The van der Waals surface area contributed by atoms with Gasteiger partial charge in [-0.05, 0) is 5.92 Å². The fourth-order valence-electron chi connectivity index (χ4n) is 0.913. The fourth-order valence-corrected chi connectivity index (χ4v) is 1.07. The van der Waals surface area contributed by atoms with Gasteiger partial charge in [-0.25, -0.2) is 0 Å². The quantitative estimate of drug-likeness (QED) is 0.743. The highest BCUT2D eigenvalue weighted by atomic mass is 35.5. The molecule has 0 aliphatic heterocycles. The minimum atomic E-state index is 0.491. The SMILES string of the molecule is CCC(C)CNc1nnc(CCCl)o1. The van der Waals surface area contributed by atoms with Gasteiger partial charge in [0.25, 0.3) is 0 Å². The second-order valence-corrected chi connectivity index (χ2v) is 3.71. The van der Waals surface area contributed by atoms with Gasteiger partial charge in [-0.15, -0.1) is 16.7 Å². The summed E-state index contributed by atoms with van der Waals surface area (Å²) in [6.45, 7) is 5.18. The summed E-state index contributed by atoms with van der Waals surface area (Å²) in [5, 5.41) is 10.8. The second kappa shape index (κ2) is 5.86. The second-order valence-electron chi connectivity index (χ2n) is 3.33. The normalized spacial score (nSPS) is 12.8. The summed E-state index contributed by atoms with van der Waals surface area (Å²) in [4.78, 5) is 0. The number of rotatable bonds is 6. The van der Waals surface area contributed by atoms with Crippen molar-refractivity contribution in [2.45, 2.75) is 26.7 Å². The van der Waals surface area contributed by atoms with Gasteiger partial charge in [-0.3, -0.25) is 0 Å². The van der Waals surface area contributed by atoms with E-state index >= 15 is 0 Å². The van der Waals surface area contributed by atoms with Gasteiger partial charge < -0.3 is 9.73 Å². The zero-order chi connectivity index (χ0) is 10.4. The minimum Gasteiger partial charge on any atom is -0.408 e. The van der Waals surface area contributed by atoms with Crippen LogP contribution in [0.15, 0.2) is 4.42 Å². The molecule has 0 aromatic carbocycles. The lowest BCUT2D eigenvalue weighted by Crippen LogP contribution is -2.10. The van der Waals surface area contributed by atoms with Gasteiger partial charge in [0.05, 0.1) is 0 Å². The Bertz CT molecular complexity index is 264. The number of nitrogens with one attached hydrogen (secondary N) is 1. The Morgan fingerprint density at radius 2 is 2.29 bits per heavy atom. The number of alkyl halides is 1. The summed E-state index contributed by atoms with van der Waals surface area (Å²) in [7, 11) is 0. The first-order valence-electron chi connectivity index (χ1n) is 4.88. The third kappa shape index (κ3) is 3.54. The first kappa shape index (κ1) is 11.3. The predicted molar refractivity (Wildman–Crippen MR) is 56.7 cm³/mol. The highest BCUT2D eigenvalue weighted by Gasteiger charge is 2.05. The summed E-state index contributed by atoms with van der Waals surface area (Å²) in [5.74, 6) is 1.71. The Morgan fingerprint density at radius 3 is 2.93 bits per heavy atom. The molecule has 0 saturated heterocycles. The molecular formula is C9H16ClN3O. The van der Waals surface area contributed by atoms with Crippen molar-refractivity contribution in [2.75, 3.05) is 17.7 Å². The van der Waals surface area contributed by atoms with Gasteiger partial charge in [0.2, 0.25) is 5.89 Å². The van der Waals surface area contributed by atoms with Crippen LogP contribution in [0.3, 0.4) is 0 Å². The number of halogens is 1. The monoisotopic (exact) mass is 217 g/mol. The molecule has 1 rings (SSSR count). The van der Waals surface area contributed by atoms with Crippen molar-refractivity contribution < 1.29 is 4.42 Å². The summed E-state index contributed by atoms with van der Waals surface area (Å²) >= 11 is 5.55. The van der Waals surface area contributed by atoms with Crippen LogP contribution in [0.1, 0.15) is 26.2 Å². The molecule has 5 heteroatoms. The molecule has 0 saturated carbocycles. The number of anilines is 1. The van der Waals surface area contributed by atoms with Crippen LogP contribution in [0, 0.1) is 5.92 Å². The number of aromatic nitrogens is 2. The van der Waals surface area contributed by atoms with Gasteiger partial charge in [-0.1, -0.05) is 25.4 Å². The van der Waals surface area contributed by atoms with Crippen LogP contribution in [0.5, 0.6) is 0 Å². The average Bonchev–Trinajstić information content (AvgIpc) is 2.63. The molecule has 1 aromatic rings. The van der Waals surface area contributed by atoms with Crippen molar-refractivity contribution in [2.24, 2.45) is 5.92 Å². The van der Waals surface area contributed by atoms with E-state index in [9.17, 15) is 0 Å². The predicted octanol–water partition coefficient (Wildman–Crippen LogP) is 2.31. The number of hydrogen-bond acceptors (Lipinski definition) is 4. The van der Waals surface area contributed by atoms with Crippen LogP contribution in [0.4, 0.5) is 6.01 Å². The Kier molecular flexibility index (Phi) is 4.73. The summed E-state index contributed by atoms with van der Waals surface area (Å²) in [6.07, 6.45) is 1.76. The standard InChI is InChI=1S/C9H16ClN3O/c1-3-7(2)6-11-9-13-12-8(14-9)4-5-10/h7H,3-6H2,1-2H3,(H,11,13). The third-order valence-electron chi connectivity index (χ3n) is 2.07. The molecule has 1 atom stereocenters. The molecule has 0 spiro atoms. The third-order valence-corrected chi connectivity index (χ3v) is 2.26. The van der Waals surface area contributed by atoms with E-state index in [1.807, 2.05) is 0 Å². The first-order valence-corrected chi connectivity index (χ1v) is 5.42. The van der Waals surface area contributed by atoms with E-state index in [1.54, 1.807) is 0 Å². The van der Waals surface area contributed by atoms with E-state index in [1.165, 1.54) is 0 Å². The van der Waals surface area contributed by atoms with Crippen molar-refractivity contribution in [3.8, 4) is 0 Å². The maximum absolute atomic E-state index is 5.55. The zero-order valence-electron chi connectivity index (χ0n) is 8.59. The molecular weight excluding hydrogens is 202 g/mol. The van der Waals surface area contributed by atoms with Gasteiger partial charge >= 0.3 is 6.01 Å². The van der Waals surface area contributed by atoms with E-state index < -0.39 is 0 Å². The molecule has 0 bridgehead atoms. The topological polar surface area (TPSA) is 51.0 Å². The van der Waals surface area contributed by atoms with Crippen LogP contribution in [0.25, 0.3) is 0 Å². The molecule has 0 aliphatic carbocycles. The fraction of sp³-hybridized carbons (Fsp3) is 0.778. The molecule has 1 aromatic heterocycles. The first-order chi connectivity index (χ1) is 6.76. The smallest absolute Gasteiger partial charge is 0.315 e. The summed E-state index contributed by atoms with van der Waals surface area (Å²) < 4.78 is 5.30. The van der Waals surface area contributed by atoms with Crippen LogP contribution < -0.4 is 5.32 Å². The summed E-state index contributed by atoms with van der Waals surface area (Å²) in [6, 6.07) is 0.491. The van der Waals surface area contributed by atoms with Crippen molar-refractivity contribution in [3.63, 3.8) is 0 Å². The lowest BCUT2D eigenvalue weighted by atomic mass is 10.1. The molecule has 0 amide bonds. The van der Waals surface area contributed by atoms with E-state index in [-0.39, 0.29) is 0 Å². The Morgan fingerprint density at radius 1 is 1.50 bits per heavy atom. The van der Waals surface area contributed by atoms with Gasteiger partial charge in [-0.2, -0.15) is 0 Å². The molecule has 0 aliphatic rings. The van der Waals surface area contributed by atoms with E-state index in [4.69, 9.17) is 16.0 Å². The average molecular weight is 218 g/mol. The van der Waals surface area contributed by atoms with Crippen molar-refractivity contribution in [1.29, 1.82) is 0 Å². The van der Waals surface area contributed by atoms with Crippen molar-refractivity contribution >= 4 is 17.6 Å². The van der Waals surface area contributed by atoms with E-state index in [2.05, 4.69) is 29.4 Å². The van der Waals surface area contributed by atoms with Crippen molar-refractivity contribution in [1.82, 2.24) is 10.2 Å². The Balaban J connectivity index is 2.35. The molecule has 1 unspecified atom stereocenters. The molecule has 4 nitrogen and oxygen atoms in total. The Labute approximate surface area is 89.0 Å². The molecule has 80 valence electrons. The summed E-state index contributed by atoms with van der Waals surface area (Å²) in [5.41, 5.74) is 0. The highest BCUT2D eigenvalue weighted by molar-refractivity contribution is 6.17. The number of aryl methyl sites for hydroxylation is 1. The van der Waals surface area contributed by atoms with Crippen molar-refractivity contribution in [3.05, 3.63) is 5.89 Å². The zero-order valence-corrected chi connectivity index (χ0v) is 9.34. The molecule has 0 radical (unpaired) electrons. The largest absolute Gasteiger partial charge is 0.408 e. The highest BCUT2D eigenvalue weighted by Crippen LogP contribution is 2.08. The lowest BCUT2D eigenvalue weighted by Gasteiger charge is -2.06. The van der Waals surface area contributed by atoms with Gasteiger partial charge in [0.15, 0.2) is 0 Å². The number of nitrogens with zero attached hydrogens (tertiary/aromatic N) is 2. The van der Waals surface area contributed by atoms with E-state index in [0.29, 0.717) is 30.1 Å². The Hall–Kier alpha value is -0.770. The maximum Gasteiger partial charge on any atom is 0.315 e. The van der Waals surface area contributed by atoms with Crippen LogP contribution >= 0.6 is 11.6 Å². The lowest BCUT2D eigenvalue weighted by molar-refractivity contribution is 0.502. The molecule has 14 heavy (non-hydrogen) atoms. The number of hydrogen-bond donors (Lipinski definition) is 1. The van der Waals surface area contributed by atoms with E-state index in [0.717, 1.165) is 13.0 Å². The van der Waals surface area contributed by atoms with Crippen LogP contribution in [-0.4, -0.2) is 22.6 Å². The molecule has 1 heterocycles. The van der Waals surface area contributed by atoms with Crippen LogP contribution in [-0.2, 0) is 6.42 Å². The van der Waals surface area contributed by atoms with Gasteiger partial charge in [0, 0.05) is 18.8 Å². The van der Waals surface area contributed by atoms with Crippen LogP contribution in [0.2, 0.25) is 0 Å². The minimum absolute atomic E-state index is 0.491. The van der Waals surface area contributed by atoms with Gasteiger partial charge in [0.1, 0.15) is 0 Å².